The zero-order valence-electron chi connectivity index (χ0n) is 17.9. The molecule has 0 radical (unpaired) electrons. The molecule has 1 saturated heterocycles. The van der Waals surface area contributed by atoms with E-state index in [1.807, 2.05) is 46.8 Å². The minimum Gasteiger partial charge on any atom is -0.444 e. The lowest BCUT2D eigenvalue weighted by Gasteiger charge is -2.30. The van der Waals surface area contributed by atoms with Gasteiger partial charge >= 0.3 is 6.09 Å². The molecule has 2 heterocycles. The molecule has 29 heavy (non-hydrogen) atoms. The first-order valence-corrected chi connectivity index (χ1v) is 9.88. The van der Waals surface area contributed by atoms with Gasteiger partial charge in [0.05, 0.1) is 23.5 Å². The largest absolute Gasteiger partial charge is 0.444 e. The number of aromatic nitrogens is 1. The van der Waals surface area contributed by atoms with Crippen LogP contribution in [0.2, 0.25) is 0 Å². The van der Waals surface area contributed by atoms with Crippen LogP contribution in [0.4, 0.5) is 9.18 Å². The molecule has 6 heteroatoms. The average Bonchev–Trinajstić information content (AvgIpc) is 3.41. The summed E-state index contributed by atoms with van der Waals surface area (Å²) in [4.78, 5) is 17.2. The highest BCUT2D eigenvalue weighted by Gasteiger charge is 2.47. The lowest BCUT2D eigenvalue weighted by atomic mass is 9.90. The molecule has 1 N–H and O–H groups in total. The van der Waals surface area contributed by atoms with Crippen LogP contribution in [-0.4, -0.2) is 23.3 Å². The number of rotatable bonds is 5. The molecule has 1 amide bonds. The van der Waals surface area contributed by atoms with Crippen molar-refractivity contribution < 1.29 is 18.7 Å². The standard InChI is InChI=1S/C23H29FN2O3/c1-7-23(14-28-23)19-13-16(22(5,6)26-20(27)29-21(2,3)4)12-18(25-19)15-8-10-17(24)11-9-15/h8-13H,7,14H2,1-6H3,(H,26,27). The van der Waals surface area contributed by atoms with E-state index in [0.29, 0.717) is 12.3 Å². The Kier molecular flexibility index (Phi) is 5.43. The number of alkyl carbamates (subject to hydrolysis) is 1. The molecule has 2 aromatic rings. The highest BCUT2D eigenvalue weighted by Crippen LogP contribution is 2.42. The number of carbonyl (C=O) groups excluding carboxylic acids is 1. The number of ether oxygens (including phenoxy) is 2. The molecule has 1 aromatic carbocycles. The van der Waals surface area contributed by atoms with Crippen LogP contribution in [0.25, 0.3) is 11.3 Å². The number of carbonyl (C=O) groups is 1. The van der Waals surface area contributed by atoms with Gasteiger partial charge in [0.2, 0.25) is 0 Å². The van der Waals surface area contributed by atoms with Crippen LogP contribution in [0, 0.1) is 5.82 Å². The maximum atomic E-state index is 13.4. The fraction of sp³-hybridized carbons (Fsp3) is 0.478. The smallest absolute Gasteiger partial charge is 0.408 e. The number of benzene rings is 1. The van der Waals surface area contributed by atoms with E-state index in [1.54, 1.807) is 12.1 Å². The summed E-state index contributed by atoms with van der Waals surface area (Å²) < 4.78 is 24.5. The monoisotopic (exact) mass is 400 g/mol. The Morgan fingerprint density at radius 2 is 1.83 bits per heavy atom. The molecular formula is C23H29FN2O3. The Labute approximate surface area is 171 Å². The Bertz CT molecular complexity index is 897. The van der Waals surface area contributed by atoms with Crippen molar-refractivity contribution in [2.45, 2.75) is 64.7 Å². The zero-order valence-corrected chi connectivity index (χ0v) is 17.9. The number of amides is 1. The van der Waals surface area contributed by atoms with Crippen molar-refractivity contribution in [3.05, 3.63) is 53.5 Å². The molecular weight excluding hydrogens is 371 g/mol. The Hall–Kier alpha value is -2.47. The lowest BCUT2D eigenvalue weighted by Crippen LogP contribution is -2.44. The first-order chi connectivity index (χ1) is 13.4. The van der Waals surface area contributed by atoms with E-state index in [4.69, 9.17) is 14.5 Å². The maximum Gasteiger partial charge on any atom is 0.408 e. The van der Waals surface area contributed by atoms with Gasteiger partial charge in [-0.05, 0) is 83.0 Å². The summed E-state index contributed by atoms with van der Waals surface area (Å²) in [5.41, 5.74) is 1.50. The van der Waals surface area contributed by atoms with E-state index in [0.717, 1.165) is 23.2 Å². The second-order valence-corrected chi connectivity index (χ2v) is 9.02. The summed E-state index contributed by atoms with van der Waals surface area (Å²) in [6.07, 6.45) is 0.309. The third-order valence-electron chi connectivity index (χ3n) is 5.03. The second kappa shape index (κ2) is 7.41. The SMILES string of the molecule is CCC1(c2cc(C(C)(C)NC(=O)OC(C)(C)C)cc(-c3ccc(F)cc3)n2)CO1. The van der Waals surface area contributed by atoms with E-state index in [1.165, 1.54) is 12.1 Å². The number of hydrogen-bond donors (Lipinski definition) is 1. The quantitative estimate of drug-likeness (QED) is 0.693. The fourth-order valence-corrected chi connectivity index (χ4v) is 3.14. The van der Waals surface area contributed by atoms with Gasteiger partial charge in [0.15, 0.2) is 0 Å². The summed E-state index contributed by atoms with van der Waals surface area (Å²) in [6.45, 7) is 12.0. The first-order valence-electron chi connectivity index (χ1n) is 9.88. The van der Waals surface area contributed by atoms with Gasteiger partial charge in [-0.15, -0.1) is 0 Å². The molecule has 1 unspecified atom stereocenters. The molecule has 0 saturated carbocycles. The van der Waals surface area contributed by atoms with Gasteiger partial charge in [0.25, 0.3) is 0 Å². The maximum absolute atomic E-state index is 13.4. The highest BCUT2D eigenvalue weighted by molar-refractivity contribution is 5.69. The average molecular weight is 400 g/mol. The van der Waals surface area contributed by atoms with Crippen LogP contribution < -0.4 is 5.32 Å². The Balaban J connectivity index is 2.01. The normalized spacial score (nSPS) is 19.0. The fourth-order valence-electron chi connectivity index (χ4n) is 3.14. The number of nitrogens with one attached hydrogen (secondary N) is 1. The van der Waals surface area contributed by atoms with E-state index < -0.39 is 22.8 Å². The highest BCUT2D eigenvalue weighted by atomic mass is 19.1. The van der Waals surface area contributed by atoms with E-state index in [-0.39, 0.29) is 5.82 Å². The van der Waals surface area contributed by atoms with Crippen LogP contribution in [-0.2, 0) is 20.6 Å². The number of halogens is 1. The summed E-state index contributed by atoms with van der Waals surface area (Å²) in [6, 6.07) is 10.1. The van der Waals surface area contributed by atoms with E-state index in [2.05, 4.69) is 12.2 Å². The molecule has 3 rings (SSSR count). The van der Waals surface area contributed by atoms with Crippen molar-refractivity contribution in [1.29, 1.82) is 0 Å². The van der Waals surface area contributed by atoms with Gasteiger partial charge in [-0.3, -0.25) is 0 Å². The van der Waals surface area contributed by atoms with Crippen LogP contribution >= 0.6 is 0 Å². The molecule has 0 bridgehead atoms. The Morgan fingerprint density at radius 3 is 2.34 bits per heavy atom. The third-order valence-corrected chi connectivity index (χ3v) is 5.03. The summed E-state index contributed by atoms with van der Waals surface area (Å²) in [7, 11) is 0. The van der Waals surface area contributed by atoms with E-state index in [9.17, 15) is 9.18 Å². The van der Waals surface area contributed by atoms with Gasteiger partial charge < -0.3 is 14.8 Å². The predicted molar refractivity (Wildman–Crippen MR) is 110 cm³/mol. The summed E-state index contributed by atoms with van der Waals surface area (Å²) >= 11 is 0. The number of epoxide rings is 1. The van der Waals surface area contributed by atoms with Crippen molar-refractivity contribution in [1.82, 2.24) is 10.3 Å². The van der Waals surface area contributed by atoms with E-state index >= 15 is 0 Å². The first kappa shape index (κ1) is 21.2. The molecule has 0 aliphatic carbocycles. The van der Waals surface area contributed by atoms with Crippen LogP contribution in [0.1, 0.15) is 59.2 Å². The minimum atomic E-state index is -0.710. The van der Waals surface area contributed by atoms with Crippen molar-refractivity contribution in [3.8, 4) is 11.3 Å². The molecule has 1 aliphatic heterocycles. The number of nitrogens with zero attached hydrogens (tertiary/aromatic N) is 1. The second-order valence-electron chi connectivity index (χ2n) is 9.02. The third kappa shape index (κ3) is 4.93. The van der Waals surface area contributed by atoms with Gasteiger partial charge in [0, 0.05) is 5.56 Å². The van der Waals surface area contributed by atoms with Gasteiger partial charge in [-0.25, -0.2) is 14.2 Å². The minimum absolute atomic E-state index is 0.299. The Morgan fingerprint density at radius 1 is 1.21 bits per heavy atom. The summed E-state index contributed by atoms with van der Waals surface area (Å²) in [5.74, 6) is -0.299. The van der Waals surface area contributed by atoms with Crippen molar-refractivity contribution in [2.24, 2.45) is 0 Å². The van der Waals surface area contributed by atoms with Gasteiger partial charge in [0.1, 0.15) is 17.0 Å². The molecule has 1 fully saturated rings. The molecule has 0 spiro atoms. The van der Waals surface area contributed by atoms with Crippen molar-refractivity contribution >= 4 is 6.09 Å². The molecule has 1 atom stereocenters. The van der Waals surface area contributed by atoms with Gasteiger partial charge in [-0.1, -0.05) is 6.92 Å². The van der Waals surface area contributed by atoms with Crippen LogP contribution in [0.5, 0.6) is 0 Å². The lowest BCUT2D eigenvalue weighted by molar-refractivity contribution is 0.0470. The number of pyridine rings is 1. The zero-order chi connectivity index (χ0) is 21.4. The molecule has 1 aliphatic rings. The number of hydrogen-bond acceptors (Lipinski definition) is 4. The molecule has 1 aromatic heterocycles. The van der Waals surface area contributed by atoms with Crippen molar-refractivity contribution in [3.63, 3.8) is 0 Å². The molecule has 156 valence electrons. The molecule has 5 nitrogen and oxygen atoms in total. The predicted octanol–water partition coefficient (Wildman–Crippen LogP) is 5.28. The van der Waals surface area contributed by atoms with Crippen LogP contribution in [0.3, 0.4) is 0 Å². The van der Waals surface area contributed by atoms with Gasteiger partial charge in [-0.2, -0.15) is 0 Å². The van der Waals surface area contributed by atoms with Crippen molar-refractivity contribution in [2.75, 3.05) is 6.61 Å². The topological polar surface area (TPSA) is 63.8 Å². The summed E-state index contributed by atoms with van der Waals surface area (Å²) in [5, 5.41) is 2.94. The van der Waals surface area contributed by atoms with Crippen LogP contribution in [0.15, 0.2) is 36.4 Å².